The Labute approximate surface area is 110 Å². The SMILES string of the molecule is CNCCCCCC(=O)NC1CCOC1COC. The molecule has 2 unspecified atom stereocenters. The highest BCUT2D eigenvalue weighted by atomic mass is 16.5. The lowest BCUT2D eigenvalue weighted by molar-refractivity contribution is -0.122. The van der Waals surface area contributed by atoms with Gasteiger partial charge in [-0.2, -0.15) is 0 Å². The highest BCUT2D eigenvalue weighted by Crippen LogP contribution is 2.14. The predicted octanol–water partition coefficient (Wildman–Crippen LogP) is 0.686. The van der Waals surface area contributed by atoms with Gasteiger partial charge in [0.15, 0.2) is 0 Å². The van der Waals surface area contributed by atoms with Gasteiger partial charge in [0.25, 0.3) is 0 Å². The fraction of sp³-hybridized carbons (Fsp3) is 0.923. The van der Waals surface area contributed by atoms with E-state index < -0.39 is 0 Å². The lowest BCUT2D eigenvalue weighted by Crippen LogP contribution is -2.42. The third kappa shape index (κ3) is 5.80. The molecule has 0 radical (unpaired) electrons. The van der Waals surface area contributed by atoms with Gasteiger partial charge in [-0.05, 0) is 32.9 Å². The van der Waals surface area contributed by atoms with Crippen molar-refractivity contribution in [2.45, 2.75) is 44.2 Å². The van der Waals surface area contributed by atoms with E-state index in [1.165, 1.54) is 0 Å². The van der Waals surface area contributed by atoms with Gasteiger partial charge in [-0.25, -0.2) is 0 Å². The van der Waals surface area contributed by atoms with E-state index in [9.17, 15) is 4.79 Å². The molecule has 1 aliphatic rings. The summed E-state index contributed by atoms with van der Waals surface area (Å²) in [6, 6.07) is 0.120. The van der Waals surface area contributed by atoms with Crippen molar-refractivity contribution < 1.29 is 14.3 Å². The molecule has 1 amide bonds. The minimum absolute atomic E-state index is 0.0169. The first-order valence-electron chi connectivity index (χ1n) is 6.82. The molecule has 0 aromatic carbocycles. The molecule has 0 saturated carbocycles. The summed E-state index contributed by atoms with van der Waals surface area (Å²) in [5, 5.41) is 6.15. The fourth-order valence-corrected chi connectivity index (χ4v) is 2.19. The predicted molar refractivity (Wildman–Crippen MR) is 70.6 cm³/mol. The van der Waals surface area contributed by atoms with Crippen molar-refractivity contribution in [2.24, 2.45) is 0 Å². The first-order valence-corrected chi connectivity index (χ1v) is 6.82. The molecule has 0 spiro atoms. The number of methoxy groups -OCH3 is 1. The van der Waals surface area contributed by atoms with Crippen LogP contribution in [0.25, 0.3) is 0 Å². The third-order valence-corrected chi connectivity index (χ3v) is 3.22. The molecule has 1 aliphatic heterocycles. The third-order valence-electron chi connectivity index (χ3n) is 3.22. The van der Waals surface area contributed by atoms with Crippen molar-refractivity contribution in [3.8, 4) is 0 Å². The minimum Gasteiger partial charge on any atom is -0.382 e. The number of ether oxygens (including phenoxy) is 2. The molecule has 106 valence electrons. The number of hydrogen-bond donors (Lipinski definition) is 2. The Morgan fingerprint density at radius 2 is 2.22 bits per heavy atom. The van der Waals surface area contributed by atoms with E-state index in [0.29, 0.717) is 19.6 Å². The molecular formula is C13H26N2O3. The molecule has 0 aliphatic carbocycles. The van der Waals surface area contributed by atoms with Gasteiger partial charge in [0, 0.05) is 20.1 Å². The maximum Gasteiger partial charge on any atom is 0.220 e. The van der Waals surface area contributed by atoms with E-state index in [4.69, 9.17) is 9.47 Å². The average molecular weight is 258 g/mol. The Balaban J connectivity index is 2.11. The summed E-state index contributed by atoms with van der Waals surface area (Å²) in [6.45, 7) is 2.28. The molecule has 2 atom stereocenters. The largest absolute Gasteiger partial charge is 0.382 e. The number of carbonyl (C=O) groups excluding carboxylic acids is 1. The van der Waals surface area contributed by atoms with Gasteiger partial charge >= 0.3 is 0 Å². The summed E-state index contributed by atoms with van der Waals surface area (Å²) >= 11 is 0. The number of carbonyl (C=O) groups is 1. The van der Waals surface area contributed by atoms with Gasteiger partial charge in [-0.1, -0.05) is 6.42 Å². The van der Waals surface area contributed by atoms with Crippen LogP contribution in [0.15, 0.2) is 0 Å². The van der Waals surface area contributed by atoms with Crippen LogP contribution in [0.5, 0.6) is 0 Å². The Bertz CT molecular complexity index is 236. The Hall–Kier alpha value is -0.650. The second-order valence-corrected chi connectivity index (χ2v) is 4.74. The van der Waals surface area contributed by atoms with E-state index in [-0.39, 0.29) is 18.1 Å². The molecule has 1 heterocycles. The number of amides is 1. The number of nitrogens with one attached hydrogen (secondary N) is 2. The van der Waals surface area contributed by atoms with Crippen molar-refractivity contribution in [3.05, 3.63) is 0 Å². The lowest BCUT2D eigenvalue weighted by atomic mass is 10.1. The maximum atomic E-state index is 11.8. The summed E-state index contributed by atoms with van der Waals surface area (Å²) in [5.74, 6) is 0.135. The van der Waals surface area contributed by atoms with Crippen LogP contribution in [-0.4, -0.2) is 52.0 Å². The summed E-state index contributed by atoms with van der Waals surface area (Å²) in [6.07, 6.45) is 4.69. The molecule has 1 rings (SSSR count). The Kier molecular flexibility index (Phi) is 7.96. The molecule has 5 nitrogen and oxygen atoms in total. The van der Waals surface area contributed by atoms with Crippen molar-refractivity contribution in [2.75, 3.05) is 33.9 Å². The maximum absolute atomic E-state index is 11.8. The zero-order valence-corrected chi connectivity index (χ0v) is 11.5. The van der Waals surface area contributed by atoms with Gasteiger partial charge < -0.3 is 20.1 Å². The van der Waals surface area contributed by atoms with E-state index in [1.54, 1.807) is 7.11 Å². The van der Waals surface area contributed by atoms with Crippen molar-refractivity contribution in [3.63, 3.8) is 0 Å². The number of unbranched alkanes of at least 4 members (excludes halogenated alkanes) is 2. The summed E-state index contributed by atoms with van der Waals surface area (Å²) in [7, 11) is 3.60. The standard InChI is InChI=1S/C13H26N2O3/c1-14-8-5-3-4-6-13(16)15-11-7-9-18-12(11)10-17-2/h11-12,14H,3-10H2,1-2H3,(H,15,16). The second kappa shape index (κ2) is 9.30. The van der Waals surface area contributed by atoms with Crippen LogP contribution in [-0.2, 0) is 14.3 Å². The molecule has 5 heteroatoms. The highest BCUT2D eigenvalue weighted by molar-refractivity contribution is 5.76. The van der Waals surface area contributed by atoms with Crippen LogP contribution in [0.4, 0.5) is 0 Å². The van der Waals surface area contributed by atoms with Crippen LogP contribution in [0.1, 0.15) is 32.1 Å². The van der Waals surface area contributed by atoms with Gasteiger partial charge in [0.1, 0.15) is 6.10 Å². The number of hydrogen-bond acceptors (Lipinski definition) is 4. The monoisotopic (exact) mass is 258 g/mol. The summed E-state index contributed by atoms with van der Waals surface area (Å²) < 4.78 is 10.6. The highest BCUT2D eigenvalue weighted by Gasteiger charge is 2.29. The normalized spacial score (nSPS) is 23.2. The van der Waals surface area contributed by atoms with Gasteiger partial charge in [-0.15, -0.1) is 0 Å². The molecule has 1 saturated heterocycles. The smallest absolute Gasteiger partial charge is 0.220 e. The topological polar surface area (TPSA) is 59.6 Å². The summed E-state index contributed by atoms with van der Waals surface area (Å²) in [5.41, 5.74) is 0. The van der Waals surface area contributed by atoms with Crippen LogP contribution in [0, 0.1) is 0 Å². The van der Waals surface area contributed by atoms with Crippen molar-refractivity contribution >= 4 is 5.91 Å². The second-order valence-electron chi connectivity index (χ2n) is 4.74. The van der Waals surface area contributed by atoms with E-state index >= 15 is 0 Å². The molecule has 0 aromatic heterocycles. The van der Waals surface area contributed by atoms with Crippen molar-refractivity contribution in [1.29, 1.82) is 0 Å². The van der Waals surface area contributed by atoms with E-state index in [1.807, 2.05) is 7.05 Å². The van der Waals surface area contributed by atoms with Crippen molar-refractivity contribution in [1.82, 2.24) is 10.6 Å². The van der Waals surface area contributed by atoms with Crippen LogP contribution >= 0.6 is 0 Å². The fourth-order valence-electron chi connectivity index (χ4n) is 2.19. The van der Waals surface area contributed by atoms with Crippen LogP contribution in [0.3, 0.4) is 0 Å². The Morgan fingerprint density at radius 1 is 1.39 bits per heavy atom. The van der Waals surface area contributed by atoms with Crippen LogP contribution < -0.4 is 10.6 Å². The van der Waals surface area contributed by atoms with Gasteiger partial charge in [0.2, 0.25) is 5.91 Å². The quantitative estimate of drug-likeness (QED) is 0.597. The molecule has 2 N–H and O–H groups in total. The number of rotatable bonds is 9. The van der Waals surface area contributed by atoms with Gasteiger partial charge in [-0.3, -0.25) is 4.79 Å². The zero-order valence-electron chi connectivity index (χ0n) is 11.5. The zero-order chi connectivity index (χ0) is 13.2. The lowest BCUT2D eigenvalue weighted by Gasteiger charge is -2.19. The first kappa shape index (κ1) is 15.4. The average Bonchev–Trinajstić information content (AvgIpc) is 2.77. The van der Waals surface area contributed by atoms with E-state index in [0.717, 1.165) is 32.2 Å². The molecule has 18 heavy (non-hydrogen) atoms. The minimum atomic E-state index is 0.0169. The Morgan fingerprint density at radius 3 is 2.94 bits per heavy atom. The van der Waals surface area contributed by atoms with Crippen LogP contribution in [0.2, 0.25) is 0 Å². The molecule has 1 fully saturated rings. The first-order chi connectivity index (χ1) is 8.77. The van der Waals surface area contributed by atoms with E-state index in [2.05, 4.69) is 10.6 Å². The summed E-state index contributed by atoms with van der Waals surface area (Å²) in [4.78, 5) is 11.8. The van der Waals surface area contributed by atoms with Gasteiger partial charge in [0.05, 0.1) is 12.6 Å². The molecule has 0 aromatic rings. The molecular weight excluding hydrogens is 232 g/mol. The molecule has 0 bridgehead atoms.